The van der Waals surface area contributed by atoms with Crippen LogP contribution in [0, 0.1) is 0 Å². The fraction of sp³-hybridized carbons (Fsp3) is 0.385. The lowest BCUT2D eigenvalue weighted by atomic mass is 10.2. The maximum Gasteiger partial charge on any atom is 0.410 e. The molecule has 19 heavy (non-hydrogen) atoms. The average molecular weight is 265 g/mol. The summed E-state index contributed by atoms with van der Waals surface area (Å²) in [5.74, 6) is -1.01. The van der Waals surface area contributed by atoms with Gasteiger partial charge in [0.15, 0.2) is 0 Å². The number of ether oxygens (including phenoxy) is 2. The molecule has 1 aliphatic rings. The van der Waals surface area contributed by atoms with Crippen molar-refractivity contribution in [3.8, 4) is 0 Å². The number of nitrogens with zero attached hydrogens (tertiary/aromatic N) is 1. The van der Waals surface area contributed by atoms with E-state index in [2.05, 4.69) is 0 Å². The van der Waals surface area contributed by atoms with Crippen LogP contribution in [0.2, 0.25) is 0 Å². The number of likely N-dealkylation sites (tertiary alicyclic amines) is 1. The van der Waals surface area contributed by atoms with E-state index in [1.165, 1.54) is 4.90 Å². The zero-order valence-corrected chi connectivity index (χ0v) is 10.3. The van der Waals surface area contributed by atoms with E-state index in [9.17, 15) is 9.59 Å². The van der Waals surface area contributed by atoms with Gasteiger partial charge in [0.25, 0.3) is 0 Å². The van der Waals surface area contributed by atoms with Crippen LogP contribution in [0.1, 0.15) is 5.56 Å². The number of hydrogen-bond acceptors (Lipinski definition) is 4. The van der Waals surface area contributed by atoms with Crippen LogP contribution in [0.4, 0.5) is 4.79 Å². The van der Waals surface area contributed by atoms with Gasteiger partial charge in [-0.1, -0.05) is 30.3 Å². The summed E-state index contributed by atoms with van der Waals surface area (Å²) >= 11 is 0. The molecule has 1 saturated heterocycles. The first-order valence-electron chi connectivity index (χ1n) is 5.94. The molecule has 0 saturated carbocycles. The molecular formula is C13H15NO5. The lowest BCUT2D eigenvalue weighted by Gasteiger charge is -2.37. The molecule has 0 spiro atoms. The van der Waals surface area contributed by atoms with E-state index in [1.54, 1.807) is 0 Å². The Kier molecular flexibility index (Phi) is 4.35. The lowest BCUT2D eigenvalue weighted by molar-refractivity contribution is -0.147. The van der Waals surface area contributed by atoms with Crippen molar-refractivity contribution < 1.29 is 24.2 Å². The van der Waals surface area contributed by atoms with Crippen LogP contribution in [0.3, 0.4) is 0 Å². The highest BCUT2D eigenvalue weighted by molar-refractivity contribution is 5.69. The fourth-order valence-corrected chi connectivity index (χ4v) is 1.69. The van der Waals surface area contributed by atoms with Gasteiger partial charge in [0.2, 0.25) is 0 Å². The molecule has 0 radical (unpaired) electrons. The quantitative estimate of drug-likeness (QED) is 0.863. The summed E-state index contributed by atoms with van der Waals surface area (Å²) in [5.41, 5.74) is 0.926. The first kappa shape index (κ1) is 13.4. The van der Waals surface area contributed by atoms with Gasteiger partial charge < -0.3 is 19.5 Å². The summed E-state index contributed by atoms with van der Waals surface area (Å²) in [6.07, 6.45) is -0.612. The normalized spacial score (nSPS) is 14.8. The Morgan fingerprint density at radius 3 is 2.58 bits per heavy atom. The minimum atomic E-state index is -1.01. The van der Waals surface area contributed by atoms with E-state index in [1.807, 2.05) is 30.3 Å². The van der Waals surface area contributed by atoms with Gasteiger partial charge in [-0.2, -0.15) is 0 Å². The molecule has 0 bridgehead atoms. The SMILES string of the molecule is O=C(O)COC1CN(C(=O)OCc2ccccc2)C1. The summed E-state index contributed by atoms with van der Waals surface area (Å²) < 4.78 is 10.2. The largest absolute Gasteiger partial charge is 0.480 e. The van der Waals surface area contributed by atoms with Gasteiger partial charge in [-0.3, -0.25) is 0 Å². The highest BCUT2D eigenvalue weighted by atomic mass is 16.6. The maximum atomic E-state index is 11.6. The monoisotopic (exact) mass is 265 g/mol. The molecule has 1 aromatic carbocycles. The van der Waals surface area contributed by atoms with E-state index in [-0.39, 0.29) is 19.3 Å². The van der Waals surface area contributed by atoms with Crippen molar-refractivity contribution in [2.75, 3.05) is 19.7 Å². The minimum absolute atomic E-state index is 0.208. The standard InChI is InChI=1S/C13H15NO5/c15-12(16)9-18-11-6-14(7-11)13(17)19-8-10-4-2-1-3-5-10/h1-5,11H,6-9H2,(H,15,16). The van der Waals surface area contributed by atoms with Crippen molar-refractivity contribution >= 4 is 12.1 Å². The Labute approximate surface area is 110 Å². The second-order valence-electron chi connectivity index (χ2n) is 4.27. The van der Waals surface area contributed by atoms with E-state index in [4.69, 9.17) is 14.6 Å². The van der Waals surface area contributed by atoms with Crippen LogP contribution in [0.25, 0.3) is 0 Å². The van der Waals surface area contributed by atoms with Crippen LogP contribution in [0.5, 0.6) is 0 Å². The first-order valence-corrected chi connectivity index (χ1v) is 5.94. The number of carbonyl (C=O) groups is 2. The van der Waals surface area contributed by atoms with E-state index in [0.29, 0.717) is 13.1 Å². The number of carboxylic acids is 1. The van der Waals surface area contributed by atoms with Crippen molar-refractivity contribution in [2.24, 2.45) is 0 Å². The fourth-order valence-electron chi connectivity index (χ4n) is 1.69. The van der Waals surface area contributed by atoms with Gasteiger partial charge in [0.1, 0.15) is 13.2 Å². The molecule has 102 valence electrons. The molecule has 1 heterocycles. The van der Waals surface area contributed by atoms with Crippen molar-refractivity contribution in [1.82, 2.24) is 4.90 Å². The van der Waals surface area contributed by atoms with Crippen molar-refractivity contribution in [1.29, 1.82) is 0 Å². The molecule has 0 aromatic heterocycles. The Balaban J connectivity index is 1.65. The third-order valence-electron chi connectivity index (χ3n) is 2.75. The molecule has 0 unspecified atom stereocenters. The molecular weight excluding hydrogens is 250 g/mol. The van der Waals surface area contributed by atoms with Crippen LogP contribution in [-0.2, 0) is 20.9 Å². The summed E-state index contributed by atoms with van der Waals surface area (Å²) in [5, 5.41) is 8.44. The Morgan fingerprint density at radius 2 is 1.95 bits per heavy atom. The van der Waals surface area contributed by atoms with Crippen LogP contribution < -0.4 is 0 Å². The predicted octanol–water partition coefficient (Wildman–Crippen LogP) is 1.11. The number of hydrogen-bond donors (Lipinski definition) is 1. The van der Waals surface area contributed by atoms with E-state index >= 15 is 0 Å². The third kappa shape index (κ3) is 3.96. The summed E-state index contributed by atoms with van der Waals surface area (Å²) in [4.78, 5) is 23.4. The summed E-state index contributed by atoms with van der Waals surface area (Å²) in [6.45, 7) is 0.649. The third-order valence-corrected chi connectivity index (χ3v) is 2.75. The first-order chi connectivity index (χ1) is 9.15. The van der Waals surface area contributed by atoms with Gasteiger partial charge in [-0.05, 0) is 5.56 Å². The predicted molar refractivity (Wildman–Crippen MR) is 65.6 cm³/mol. The zero-order chi connectivity index (χ0) is 13.7. The Bertz CT molecular complexity index is 442. The van der Waals surface area contributed by atoms with Crippen molar-refractivity contribution in [2.45, 2.75) is 12.7 Å². The van der Waals surface area contributed by atoms with Gasteiger partial charge in [0.05, 0.1) is 19.2 Å². The van der Waals surface area contributed by atoms with Crippen molar-refractivity contribution in [3.63, 3.8) is 0 Å². The lowest BCUT2D eigenvalue weighted by Crippen LogP contribution is -2.55. The molecule has 2 rings (SSSR count). The second kappa shape index (κ2) is 6.19. The highest BCUT2D eigenvalue weighted by Crippen LogP contribution is 2.13. The molecule has 1 aliphatic heterocycles. The number of amides is 1. The molecule has 1 N–H and O–H groups in total. The molecule has 0 atom stereocenters. The number of benzene rings is 1. The number of carboxylic acid groups (broad SMARTS) is 1. The topological polar surface area (TPSA) is 76.1 Å². The smallest absolute Gasteiger partial charge is 0.410 e. The average Bonchev–Trinajstić information content (AvgIpc) is 2.35. The van der Waals surface area contributed by atoms with Crippen LogP contribution in [0.15, 0.2) is 30.3 Å². The molecule has 1 fully saturated rings. The van der Waals surface area contributed by atoms with E-state index in [0.717, 1.165) is 5.56 Å². The number of rotatable bonds is 5. The maximum absolute atomic E-state index is 11.6. The van der Waals surface area contributed by atoms with Gasteiger partial charge in [-0.25, -0.2) is 9.59 Å². The minimum Gasteiger partial charge on any atom is -0.480 e. The summed E-state index contributed by atoms with van der Waals surface area (Å²) in [7, 11) is 0. The second-order valence-corrected chi connectivity index (χ2v) is 4.27. The van der Waals surface area contributed by atoms with Crippen LogP contribution >= 0.6 is 0 Å². The molecule has 6 nitrogen and oxygen atoms in total. The molecule has 6 heteroatoms. The number of carbonyl (C=O) groups excluding carboxylic acids is 1. The van der Waals surface area contributed by atoms with E-state index < -0.39 is 12.1 Å². The van der Waals surface area contributed by atoms with Gasteiger partial charge in [0, 0.05) is 0 Å². The Morgan fingerprint density at radius 1 is 1.26 bits per heavy atom. The van der Waals surface area contributed by atoms with Crippen molar-refractivity contribution in [3.05, 3.63) is 35.9 Å². The highest BCUT2D eigenvalue weighted by Gasteiger charge is 2.32. The molecule has 1 amide bonds. The summed E-state index contributed by atoms with van der Waals surface area (Å²) in [6, 6.07) is 9.40. The zero-order valence-electron chi connectivity index (χ0n) is 10.3. The van der Waals surface area contributed by atoms with Crippen LogP contribution in [-0.4, -0.2) is 47.9 Å². The van der Waals surface area contributed by atoms with Gasteiger partial charge >= 0.3 is 12.1 Å². The van der Waals surface area contributed by atoms with Gasteiger partial charge in [-0.15, -0.1) is 0 Å². The number of aliphatic carboxylic acids is 1. The Hall–Kier alpha value is -2.08. The molecule has 0 aliphatic carbocycles. The molecule has 1 aromatic rings.